The molecule has 0 radical (unpaired) electrons. The SMILES string of the molecule is Sc1ccc(Oc2ccccn2)cc1. The van der Waals surface area contributed by atoms with Crippen LogP contribution in [-0.4, -0.2) is 4.98 Å². The van der Waals surface area contributed by atoms with Crippen LogP contribution in [0.25, 0.3) is 0 Å². The molecule has 2 aromatic rings. The standard InChI is InChI=1S/C11H9NOS/c14-10-6-4-9(5-7-10)13-11-3-1-2-8-12-11/h1-8,14H. The smallest absolute Gasteiger partial charge is 0.219 e. The van der Waals surface area contributed by atoms with Gasteiger partial charge >= 0.3 is 0 Å². The second-order valence-electron chi connectivity index (χ2n) is 2.76. The van der Waals surface area contributed by atoms with Crippen LogP contribution in [0.1, 0.15) is 0 Å². The number of aromatic nitrogens is 1. The van der Waals surface area contributed by atoms with E-state index in [1.807, 2.05) is 42.5 Å². The maximum Gasteiger partial charge on any atom is 0.219 e. The quantitative estimate of drug-likeness (QED) is 0.757. The molecule has 1 aromatic carbocycles. The summed E-state index contributed by atoms with van der Waals surface area (Å²) in [6.07, 6.45) is 1.70. The van der Waals surface area contributed by atoms with Crippen molar-refractivity contribution in [2.75, 3.05) is 0 Å². The van der Waals surface area contributed by atoms with Gasteiger partial charge in [-0.3, -0.25) is 0 Å². The number of hydrogen-bond acceptors (Lipinski definition) is 3. The molecule has 0 atom stereocenters. The Morgan fingerprint density at radius 2 is 1.79 bits per heavy atom. The van der Waals surface area contributed by atoms with Crippen molar-refractivity contribution in [2.45, 2.75) is 4.90 Å². The van der Waals surface area contributed by atoms with Crippen LogP contribution in [0.5, 0.6) is 11.6 Å². The van der Waals surface area contributed by atoms with Gasteiger partial charge in [0, 0.05) is 17.2 Å². The summed E-state index contributed by atoms with van der Waals surface area (Å²) in [7, 11) is 0. The number of nitrogens with zero attached hydrogens (tertiary/aromatic N) is 1. The first-order valence-corrected chi connectivity index (χ1v) is 4.67. The van der Waals surface area contributed by atoms with Crippen LogP contribution in [0.2, 0.25) is 0 Å². The largest absolute Gasteiger partial charge is 0.439 e. The molecule has 2 rings (SSSR count). The fraction of sp³-hybridized carbons (Fsp3) is 0. The average Bonchev–Trinajstić information content (AvgIpc) is 2.23. The minimum Gasteiger partial charge on any atom is -0.439 e. The van der Waals surface area contributed by atoms with Gasteiger partial charge in [-0.05, 0) is 30.3 Å². The van der Waals surface area contributed by atoms with E-state index in [1.54, 1.807) is 6.20 Å². The van der Waals surface area contributed by atoms with Crippen molar-refractivity contribution < 1.29 is 4.74 Å². The summed E-state index contributed by atoms with van der Waals surface area (Å²) in [5.41, 5.74) is 0. The van der Waals surface area contributed by atoms with E-state index in [4.69, 9.17) is 4.74 Å². The fourth-order valence-corrected chi connectivity index (χ4v) is 1.19. The minimum atomic E-state index is 0.597. The highest BCUT2D eigenvalue weighted by Crippen LogP contribution is 2.19. The molecule has 1 heterocycles. The third-order valence-electron chi connectivity index (χ3n) is 1.70. The lowest BCUT2D eigenvalue weighted by Crippen LogP contribution is -1.85. The van der Waals surface area contributed by atoms with Gasteiger partial charge in [-0.25, -0.2) is 4.98 Å². The van der Waals surface area contributed by atoms with Crippen LogP contribution in [0.15, 0.2) is 53.6 Å². The van der Waals surface area contributed by atoms with Crippen LogP contribution in [0.4, 0.5) is 0 Å². The van der Waals surface area contributed by atoms with Gasteiger partial charge in [-0.1, -0.05) is 6.07 Å². The number of benzene rings is 1. The summed E-state index contributed by atoms with van der Waals surface area (Å²) in [5, 5.41) is 0. The van der Waals surface area contributed by atoms with Gasteiger partial charge in [0.1, 0.15) is 5.75 Å². The third-order valence-corrected chi connectivity index (χ3v) is 2.00. The van der Waals surface area contributed by atoms with Crippen LogP contribution < -0.4 is 4.74 Å². The average molecular weight is 203 g/mol. The van der Waals surface area contributed by atoms with Crippen LogP contribution in [0.3, 0.4) is 0 Å². The van der Waals surface area contributed by atoms with Gasteiger partial charge < -0.3 is 4.74 Å². The molecule has 2 nitrogen and oxygen atoms in total. The molecular weight excluding hydrogens is 194 g/mol. The lowest BCUT2D eigenvalue weighted by atomic mass is 10.3. The Morgan fingerprint density at radius 3 is 2.43 bits per heavy atom. The number of ether oxygens (including phenoxy) is 1. The highest BCUT2D eigenvalue weighted by atomic mass is 32.1. The lowest BCUT2D eigenvalue weighted by molar-refractivity contribution is 0.462. The van der Waals surface area contributed by atoms with Crippen molar-refractivity contribution in [3.63, 3.8) is 0 Å². The molecule has 1 aromatic heterocycles. The van der Waals surface area contributed by atoms with Gasteiger partial charge in [0.05, 0.1) is 0 Å². The molecule has 0 aliphatic heterocycles. The van der Waals surface area contributed by atoms with E-state index in [-0.39, 0.29) is 0 Å². The van der Waals surface area contributed by atoms with Crippen LogP contribution in [-0.2, 0) is 0 Å². The first kappa shape index (κ1) is 9.09. The Labute approximate surface area is 88.0 Å². The molecule has 3 heteroatoms. The Balaban J connectivity index is 2.16. The number of hydrogen-bond donors (Lipinski definition) is 1. The highest BCUT2D eigenvalue weighted by molar-refractivity contribution is 7.80. The Hall–Kier alpha value is -1.48. The lowest BCUT2D eigenvalue weighted by Gasteiger charge is -2.03. The summed E-state index contributed by atoms with van der Waals surface area (Å²) >= 11 is 4.19. The topological polar surface area (TPSA) is 22.1 Å². The molecular formula is C11H9NOS. The summed E-state index contributed by atoms with van der Waals surface area (Å²) in [6, 6.07) is 13.0. The second-order valence-corrected chi connectivity index (χ2v) is 3.28. The molecule has 0 spiro atoms. The number of rotatable bonds is 2. The molecule has 0 fully saturated rings. The van der Waals surface area contributed by atoms with Crippen molar-refractivity contribution in [3.8, 4) is 11.6 Å². The predicted molar refractivity (Wildman–Crippen MR) is 58.0 cm³/mol. The predicted octanol–water partition coefficient (Wildman–Crippen LogP) is 3.16. The van der Waals surface area contributed by atoms with Crippen molar-refractivity contribution >= 4 is 12.6 Å². The van der Waals surface area contributed by atoms with Crippen molar-refractivity contribution in [1.82, 2.24) is 4.98 Å². The Bertz CT molecular complexity index is 399. The Kier molecular flexibility index (Phi) is 2.70. The molecule has 70 valence electrons. The van der Waals surface area contributed by atoms with E-state index in [0.717, 1.165) is 10.6 Å². The highest BCUT2D eigenvalue weighted by Gasteiger charge is 1.95. The minimum absolute atomic E-state index is 0.597. The number of pyridine rings is 1. The van der Waals surface area contributed by atoms with Crippen molar-refractivity contribution in [2.24, 2.45) is 0 Å². The Morgan fingerprint density at radius 1 is 1.00 bits per heavy atom. The molecule has 0 unspecified atom stereocenters. The van der Waals surface area contributed by atoms with E-state index >= 15 is 0 Å². The van der Waals surface area contributed by atoms with Gasteiger partial charge in [-0.15, -0.1) is 12.6 Å². The van der Waals surface area contributed by atoms with E-state index < -0.39 is 0 Å². The van der Waals surface area contributed by atoms with E-state index in [0.29, 0.717) is 5.88 Å². The summed E-state index contributed by atoms with van der Waals surface area (Å²) in [4.78, 5) is 4.97. The first-order chi connectivity index (χ1) is 6.84. The third kappa shape index (κ3) is 2.26. The zero-order valence-electron chi connectivity index (χ0n) is 7.42. The van der Waals surface area contributed by atoms with E-state index in [2.05, 4.69) is 17.6 Å². The summed E-state index contributed by atoms with van der Waals surface area (Å²) in [5.74, 6) is 1.36. The van der Waals surface area contributed by atoms with E-state index in [9.17, 15) is 0 Å². The summed E-state index contributed by atoms with van der Waals surface area (Å²) in [6.45, 7) is 0. The monoisotopic (exact) mass is 203 g/mol. The van der Waals surface area contributed by atoms with Gasteiger partial charge in [0.15, 0.2) is 0 Å². The molecule has 14 heavy (non-hydrogen) atoms. The molecule has 0 aliphatic rings. The van der Waals surface area contributed by atoms with E-state index in [1.165, 1.54) is 0 Å². The second kappa shape index (κ2) is 4.15. The zero-order valence-corrected chi connectivity index (χ0v) is 8.32. The molecule has 0 aliphatic carbocycles. The number of thiol groups is 1. The maximum absolute atomic E-state index is 5.49. The van der Waals surface area contributed by atoms with Crippen molar-refractivity contribution in [1.29, 1.82) is 0 Å². The summed E-state index contributed by atoms with van der Waals surface area (Å²) < 4.78 is 5.49. The molecule has 0 amide bonds. The van der Waals surface area contributed by atoms with Gasteiger partial charge in [-0.2, -0.15) is 0 Å². The first-order valence-electron chi connectivity index (χ1n) is 4.22. The molecule has 0 saturated carbocycles. The zero-order chi connectivity index (χ0) is 9.80. The maximum atomic E-state index is 5.49. The normalized spacial score (nSPS) is 9.79. The van der Waals surface area contributed by atoms with Crippen LogP contribution >= 0.6 is 12.6 Å². The molecule has 0 saturated heterocycles. The molecule has 0 bridgehead atoms. The van der Waals surface area contributed by atoms with Gasteiger partial charge in [0.25, 0.3) is 0 Å². The fourth-order valence-electron chi connectivity index (χ4n) is 1.04. The van der Waals surface area contributed by atoms with Gasteiger partial charge in [0.2, 0.25) is 5.88 Å². The molecule has 0 N–H and O–H groups in total. The van der Waals surface area contributed by atoms with Crippen LogP contribution in [0, 0.1) is 0 Å². The van der Waals surface area contributed by atoms with Crippen molar-refractivity contribution in [3.05, 3.63) is 48.7 Å².